The van der Waals surface area contributed by atoms with Gasteiger partial charge in [0.1, 0.15) is 0 Å². The number of aromatic nitrogens is 2. The summed E-state index contributed by atoms with van der Waals surface area (Å²) in [7, 11) is 1.87. The van der Waals surface area contributed by atoms with Gasteiger partial charge in [0.05, 0.1) is 23.9 Å². The molecule has 1 aromatic heterocycles. The number of rotatable bonds is 2. The Morgan fingerprint density at radius 2 is 1.86 bits per heavy atom. The van der Waals surface area contributed by atoms with Crippen LogP contribution in [-0.4, -0.2) is 21.2 Å². The highest BCUT2D eigenvalue weighted by atomic mass is 35.5. The molecular weight excluding hydrogens is 286 g/mol. The number of hydrogen-bond acceptors (Lipinski definition) is 2. The van der Waals surface area contributed by atoms with Crippen molar-refractivity contribution in [2.75, 3.05) is 0 Å². The summed E-state index contributed by atoms with van der Waals surface area (Å²) in [5.74, 6) is -0.173. The zero-order chi connectivity index (χ0) is 15.6. The molecule has 5 heteroatoms. The average Bonchev–Trinajstić information content (AvgIpc) is 2.82. The van der Waals surface area contributed by atoms with Gasteiger partial charge in [-0.15, -0.1) is 0 Å². The van der Waals surface area contributed by atoms with Crippen LogP contribution in [0.15, 0.2) is 41.8 Å². The van der Waals surface area contributed by atoms with Gasteiger partial charge >= 0.3 is 0 Å². The van der Waals surface area contributed by atoms with Crippen molar-refractivity contribution in [3.63, 3.8) is 0 Å². The summed E-state index contributed by atoms with van der Waals surface area (Å²) >= 11 is 5.93. The fourth-order valence-corrected chi connectivity index (χ4v) is 1.86. The number of imidazole rings is 1. The zero-order valence-electron chi connectivity index (χ0n) is 12.6. The lowest BCUT2D eigenvalue weighted by Gasteiger charge is -2.15. The lowest BCUT2D eigenvalue weighted by molar-refractivity contribution is -0.124. The third-order valence-electron chi connectivity index (χ3n) is 3.03. The van der Waals surface area contributed by atoms with Crippen molar-refractivity contribution in [1.82, 2.24) is 9.55 Å². The Balaban J connectivity index is 2.55. The monoisotopic (exact) mass is 303 g/mol. The van der Waals surface area contributed by atoms with Gasteiger partial charge in [0.2, 0.25) is 0 Å². The zero-order valence-corrected chi connectivity index (χ0v) is 13.3. The van der Waals surface area contributed by atoms with E-state index in [0.717, 1.165) is 11.3 Å². The number of nitrogens with zero attached hydrogens (tertiary/aromatic N) is 3. The molecule has 110 valence electrons. The molecule has 1 amide bonds. The number of amides is 1. The number of halogens is 1. The summed E-state index contributed by atoms with van der Waals surface area (Å²) in [6.45, 7) is 5.55. The van der Waals surface area contributed by atoms with E-state index in [9.17, 15) is 4.79 Å². The van der Waals surface area contributed by atoms with Crippen LogP contribution in [0.2, 0.25) is 5.02 Å². The minimum Gasteiger partial charge on any atom is -0.332 e. The van der Waals surface area contributed by atoms with Crippen LogP contribution in [0, 0.1) is 5.41 Å². The Bertz CT molecular complexity index is 678. The first-order chi connectivity index (χ1) is 9.79. The largest absolute Gasteiger partial charge is 0.332 e. The summed E-state index contributed by atoms with van der Waals surface area (Å²) in [5.41, 5.74) is 1.69. The van der Waals surface area contributed by atoms with Gasteiger partial charge in [-0.1, -0.05) is 44.5 Å². The molecule has 0 saturated carbocycles. The second-order valence-electron chi connectivity index (χ2n) is 5.91. The third-order valence-corrected chi connectivity index (χ3v) is 3.28. The van der Waals surface area contributed by atoms with Crippen molar-refractivity contribution in [3.8, 4) is 0 Å². The van der Waals surface area contributed by atoms with E-state index in [0.29, 0.717) is 10.7 Å². The van der Waals surface area contributed by atoms with Crippen molar-refractivity contribution in [1.29, 1.82) is 0 Å². The normalized spacial score (nSPS) is 12.5. The molecule has 0 N–H and O–H groups in total. The van der Waals surface area contributed by atoms with E-state index in [2.05, 4.69) is 9.98 Å². The number of carbonyl (C=O) groups excluding carboxylic acids is 1. The fraction of sp³-hybridized carbons (Fsp3) is 0.312. The van der Waals surface area contributed by atoms with E-state index < -0.39 is 5.41 Å². The molecule has 0 bridgehead atoms. The molecular formula is C16H18ClN3O. The third kappa shape index (κ3) is 3.58. The Labute approximate surface area is 129 Å². The first kappa shape index (κ1) is 15.4. The van der Waals surface area contributed by atoms with Crippen LogP contribution in [0.1, 0.15) is 32.0 Å². The summed E-state index contributed by atoms with van der Waals surface area (Å²) in [6, 6.07) is 7.27. The molecule has 0 atom stereocenters. The maximum absolute atomic E-state index is 12.3. The Hall–Kier alpha value is -1.94. The number of benzene rings is 1. The van der Waals surface area contributed by atoms with Crippen molar-refractivity contribution < 1.29 is 4.79 Å². The van der Waals surface area contributed by atoms with Gasteiger partial charge in [-0.3, -0.25) is 4.79 Å². The van der Waals surface area contributed by atoms with E-state index in [1.165, 1.54) is 0 Å². The highest BCUT2D eigenvalue weighted by molar-refractivity contribution is 6.30. The van der Waals surface area contributed by atoms with Crippen LogP contribution in [0.5, 0.6) is 0 Å². The molecule has 21 heavy (non-hydrogen) atoms. The maximum atomic E-state index is 12.3. The van der Waals surface area contributed by atoms with Crippen LogP contribution in [-0.2, 0) is 11.8 Å². The van der Waals surface area contributed by atoms with E-state index in [1.54, 1.807) is 24.7 Å². The summed E-state index contributed by atoms with van der Waals surface area (Å²) in [5, 5.41) is 0.644. The Morgan fingerprint density at radius 1 is 1.24 bits per heavy atom. The van der Waals surface area contributed by atoms with Crippen LogP contribution in [0.25, 0.3) is 0 Å². The standard InChI is InChI=1S/C16H18ClN3O/c1-16(2,3)15(21)19-14(13-9-18-10-20(13)4)11-5-7-12(17)8-6-11/h5-10H,1-4H3/b19-14+. The van der Waals surface area contributed by atoms with Crippen molar-refractivity contribution in [3.05, 3.63) is 53.1 Å². The summed E-state index contributed by atoms with van der Waals surface area (Å²) < 4.78 is 1.84. The van der Waals surface area contributed by atoms with Crippen LogP contribution in [0.3, 0.4) is 0 Å². The van der Waals surface area contributed by atoms with Crippen LogP contribution in [0.4, 0.5) is 0 Å². The van der Waals surface area contributed by atoms with E-state index in [4.69, 9.17) is 11.6 Å². The van der Waals surface area contributed by atoms with E-state index >= 15 is 0 Å². The highest BCUT2D eigenvalue weighted by Crippen LogP contribution is 2.19. The molecule has 0 saturated heterocycles. The Kier molecular flexibility index (Phi) is 4.28. The predicted molar refractivity (Wildman–Crippen MR) is 84.8 cm³/mol. The number of carbonyl (C=O) groups is 1. The SMILES string of the molecule is Cn1cncc1/C(=N/C(=O)C(C)(C)C)c1ccc(Cl)cc1. The van der Waals surface area contributed by atoms with Gasteiger partial charge in [0.25, 0.3) is 5.91 Å². The van der Waals surface area contributed by atoms with Gasteiger partial charge in [0, 0.05) is 23.0 Å². The molecule has 0 fully saturated rings. The van der Waals surface area contributed by atoms with E-state index in [1.807, 2.05) is 44.5 Å². The number of hydrogen-bond donors (Lipinski definition) is 0. The molecule has 0 unspecified atom stereocenters. The fourth-order valence-electron chi connectivity index (χ4n) is 1.73. The Morgan fingerprint density at radius 3 is 2.33 bits per heavy atom. The molecule has 0 aliphatic rings. The molecule has 1 aromatic carbocycles. The first-order valence-electron chi connectivity index (χ1n) is 6.65. The van der Waals surface area contributed by atoms with Crippen molar-refractivity contribution >= 4 is 23.2 Å². The number of aryl methyl sites for hydroxylation is 1. The summed E-state index contributed by atoms with van der Waals surface area (Å²) in [6.07, 6.45) is 3.38. The van der Waals surface area contributed by atoms with Gasteiger partial charge < -0.3 is 4.57 Å². The average molecular weight is 304 g/mol. The lowest BCUT2D eigenvalue weighted by Crippen LogP contribution is -2.21. The smallest absolute Gasteiger partial charge is 0.251 e. The quantitative estimate of drug-likeness (QED) is 0.797. The van der Waals surface area contributed by atoms with Crippen LogP contribution < -0.4 is 0 Å². The second kappa shape index (κ2) is 5.82. The predicted octanol–water partition coefficient (Wildman–Crippen LogP) is 3.48. The van der Waals surface area contributed by atoms with Gasteiger partial charge in [-0.05, 0) is 12.1 Å². The van der Waals surface area contributed by atoms with Crippen molar-refractivity contribution in [2.24, 2.45) is 17.5 Å². The maximum Gasteiger partial charge on any atom is 0.251 e. The van der Waals surface area contributed by atoms with E-state index in [-0.39, 0.29) is 5.91 Å². The first-order valence-corrected chi connectivity index (χ1v) is 7.02. The molecule has 1 heterocycles. The molecule has 2 rings (SSSR count). The minimum absolute atomic E-state index is 0.173. The minimum atomic E-state index is -0.531. The molecule has 0 spiro atoms. The number of aliphatic imine (C=N–C) groups is 1. The second-order valence-corrected chi connectivity index (χ2v) is 6.35. The van der Waals surface area contributed by atoms with Crippen LogP contribution >= 0.6 is 11.6 Å². The molecule has 0 radical (unpaired) electrons. The summed E-state index contributed by atoms with van der Waals surface area (Å²) in [4.78, 5) is 20.7. The molecule has 0 aliphatic carbocycles. The topological polar surface area (TPSA) is 47.2 Å². The van der Waals surface area contributed by atoms with Crippen molar-refractivity contribution in [2.45, 2.75) is 20.8 Å². The van der Waals surface area contributed by atoms with Gasteiger partial charge in [0.15, 0.2) is 0 Å². The molecule has 4 nitrogen and oxygen atoms in total. The van der Waals surface area contributed by atoms with Gasteiger partial charge in [-0.2, -0.15) is 0 Å². The molecule has 2 aromatic rings. The highest BCUT2D eigenvalue weighted by Gasteiger charge is 2.23. The molecule has 0 aliphatic heterocycles. The lowest BCUT2D eigenvalue weighted by atomic mass is 9.95. The van der Waals surface area contributed by atoms with Gasteiger partial charge in [-0.25, -0.2) is 9.98 Å².